The molecule has 3 rings (SSSR count). The number of hydrogen-bond acceptors (Lipinski definition) is 16. The summed E-state index contributed by atoms with van der Waals surface area (Å²) >= 11 is 0. The average Bonchev–Trinajstić information content (AvgIpc) is 3.32. The molecule has 3 unspecified atom stereocenters. The Bertz CT molecular complexity index is 2310. The molecule has 0 amide bonds. The number of methoxy groups -OCH3 is 3. The van der Waals surface area contributed by atoms with Gasteiger partial charge in [-0.3, -0.25) is 5.26 Å². The van der Waals surface area contributed by atoms with E-state index < -0.39 is 58.4 Å². The molecule has 3 N–H and O–H groups in total. The fraction of sp³-hybridized carbons (Fsp3) is 0.656. The number of rotatable bonds is 25. The Labute approximate surface area is 459 Å². The molecule has 434 valence electrons. The topological polar surface area (TPSA) is 204 Å². The largest absolute Gasteiger partial charge is 0.491 e. The first-order valence-corrected chi connectivity index (χ1v) is 26.5. The Morgan fingerprint density at radius 1 is 0.403 bits per heavy atom. The van der Waals surface area contributed by atoms with Crippen LogP contribution in [0, 0.1) is 0 Å². The van der Waals surface area contributed by atoms with E-state index >= 15 is 0 Å². The zero-order chi connectivity index (χ0) is 58.6. The molecule has 0 saturated carbocycles. The Kier molecular flexibility index (Phi) is 23.6. The first-order valence-electron chi connectivity index (χ1n) is 26.5. The second-order valence-corrected chi connectivity index (χ2v) is 25.7. The number of benzene rings is 3. The summed E-state index contributed by atoms with van der Waals surface area (Å²) in [7, 11) is 3.60. The number of esters is 3. The van der Waals surface area contributed by atoms with Gasteiger partial charge in [0.1, 0.15) is 37.1 Å². The molecule has 0 heterocycles. The summed E-state index contributed by atoms with van der Waals surface area (Å²) < 4.78 is 53.1. The van der Waals surface area contributed by atoms with Crippen molar-refractivity contribution in [2.75, 3.05) is 80.8 Å². The highest BCUT2D eigenvalue weighted by atomic mass is 17.1. The van der Waals surface area contributed by atoms with Crippen LogP contribution in [0.25, 0.3) is 0 Å². The molecule has 0 saturated heterocycles. The molecule has 0 fully saturated rings. The number of aliphatic hydroxyl groups excluding tert-OH is 2. The maximum absolute atomic E-state index is 12.3. The summed E-state index contributed by atoms with van der Waals surface area (Å²) in [6.07, 6.45) is -4.31. The third-order valence-corrected chi connectivity index (χ3v) is 13.1. The number of aliphatic hydroxyl groups is 2. The molecule has 0 aliphatic heterocycles. The molecule has 0 radical (unpaired) electrons. The van der Waals surface area contributed by atoms with Gasteiger partial charge in [-0.15, -0.1) is 0 Å². The second-order valence-electron chi connectivity index (χ2n) is 25.7. The van der Waals surface area contributed by atoms with Crippen molar-refractivity contribution in [2.24, 2.45) is 0 Å². The molecule has 3 aromatic carbocycles. The highest BCUT2D eigenvalue weighted by Gasteiger charge is 2.39. The molecule has 0 spiro atoms. The van der Waals surface area contributed by atoms with Crippen molar-refractivity contribution in [2.45, 2.75) is 181 Å². The summed E-state index contributed by atoms with van der Waals surface area (Å²) in [5.41, 5.74) is 5.69. The summed E-state index contributed by atoms with van der Waals surface area (Å²) in [4.78, 5) is 40.9. The molecule has 3 atom stereocenters. The van der Waals surface area contributed by atoms with Crippen molar-refractivity contribution >= 4 is 17.9 Å². The normalized spacial score (nSPS) is 14.3. The van der Waals surface area contributed by atoms with E-state index in [9.17, 15) is 29.9 Å². The van der Waals surface area contributed by atoms with Crippen LogP contribution in [-0.4, -0.2) is 132 Å². The van der Waals surface area contributed by atoms with Crippen LogP contribution in [0.4, 0.5) is 0 Å². The Morgan fingerprint density at radius 3 is 0.909 bits per heavy atom. The SMILES string of the molecule is COC(=O)C(O)COCCOc1c(C(c2cc(C(C)(C)C)cc(C(C)(C)C)c2OCCOCC(O)C(=O)OC)c2cc(C(C)(C)C)cc(C(C)(C)C)c2OCCOCC(OO)C(=O)OC)cc(C(C)(C)C)cc1C(C)(C)C. The molecule has 3 aromatic rings. The summed E-state index contributed by atoms with van der Waals surface area (Å²) in [5, 5.41) is 30.3. The van der Waals surface area contributed by atoms with Crippen LogP contribution in [0.1, 0.15) is 181 Å². The van der Waals surface area contributed by atoms with Gasteiger partial charge in [-0.05, 0) is 49.2 Å². The van der Waals surface area contributed by atoms with Gasteiger partial charge in [-0.2, -0.15) is 0 Å². The monoisotopic (exact) mass is 1080 g/mol. The molecule has 0 aliphatic carbocycles. The molecular weight excluding hydrogens is 989 g/mol. The molecular formula is C61H94O16. The van der Waals surface area contributed by atoms with Gasteiger partial charge >= 0.3 is 17.9 Å². The van der Waals surface area contributed by atoms with E-state index in [0.717, 1.165) is 50.1 Å². The smallest absolute Gasteiger partial charge is 0.340 e. The van der Waals surface area contributed by atoms with Gasteiger partial charge in [0.25, 0.3) is 0 Å². The van der Waals surface area contributed by atoms with E-state index in [4.69, 9.17) is 42.6 Å². The zero-order valence-electron chi connectivity index (χ0n) is 50.3. The first kappa shape index (κ1) is 66.5. The van der Waals surface area contributed by atoms with Crippen molar-refractivity contribution in [3.63, 3.8) is 0 Å². The highest BCUT2D eigenvalue weighted by molar-refractivity contribution is 5.75. The van der Waals surface area contributed by atoms with Crippen molar-refractivity contribution in [1.29, 1.82) is 0 Å². The quantitative estimate of drug-likeness (QED) is 0.0180. The van der Waals surface area contributed by atoms with Gasteiger partial charge in [-0.25, -0.2) is 19.3 Å². The minimum absolute atomic E-state index is 0.00496. The van der Waals surface area contributed by atoms with Crippen molar-refractivity contribution in [3.8, 4) is 17.2 Å². The van der Waals surface area contributed by atoms with Crippen LogP contribution in [0.15, 0.2) is 36.4 Å². The van der Waals surface area contributed by atoms with E-state index in [-0.39, 0.29) is 75.7 Å². The lowest BCUT2D eigenvalue weighted by Gasteiger charge is -2.36. The molecule has 0 bridgehead atoms. The standard InChI is InChI=1S/C61H94O16/c1-56(2,3)37-28-40(50(43(31-37)59(10,11)12)74-25-22-71-34-46(62)53(64)68-19)49(41-29-38(57(4,5)6)32-44(60(13,14)15)51(41)75-26-23-72-35-47(63)54(65)69-20)42-30-39(58(7,8)9)33-45(61(16,17)18)52(42)76-27-24-73-36-48(77-67)55(66)70-21/h28-33,46-49,62-63,67H,22-27,34-36H2,1-21H3. The Hall–Kier alpha value is -4.81. The van der Waals surface area contributed by atoms with Gasteiger partial charge in [0, 0.05) is 39.3 Å². The molecule has 16 heteroatoms. The van der Waals surface area contributed by atoms with Gasteiger partial charge < -0.3 is 52.8 Å². The summed E-state index contributed by atoms with van der Waals surface area (Å²) in [6, 6.07) is 13.3. The third kappa shape index (κ3) is 18.6. The van der Waals surface area contributed by atoms with E-state index in [2.05, 4.69) is 166 Å². The zero-order valence-corrected chi connectivity index (χ0v) is 50.3. The van der Waals surface area contributed by atoms with Crippen LogP contribution in [0.5, 0.6) is 17.2 Å². The second kappa shape index (κ2) is 27.4. The molecule has 0 aliphatic rings. The van der Waals surface area contributed by atoms with E-state index in [0.29, 0.717) is 17.2 Å². The van der Waals surface area contributed by atoms with Crippen molar-refractivity contribution in [1.82, 2.24) is 0 Å². The number of hydrogen-bond donors (Lipinski definition) is 3. The summed E-state index contributed by atoms with van der Waals surface area (Å²) in [5.74, 6) is -1.33. The molecule has 77 heavy (non-hydrogen) atoms. The van der Waals surface area contributed by atoms with Gasteiger partial charge in [-0.1, -0.05) is 161 Å². The average molecular weight is 1080 g/mol. The fourth-order valence-electron chi connectivity index (χ4n) is 8.42. The Balaban J connectivity index is 2.75. The molecule has 16 nitrogen and oxygen atoms in total. The highest BCUT2D eigenvalue weighted by Crippen LogP contribution is 2.53. The number of carbonyl (C=O) groups is 3. The molecule has 0 aromatic heterocycles. The maximum atomic E-state index is 12.3. The van der Waals surface area contributed by atoms with Gasteiger partial charge in [0.05, 0.1) is 61.0 Å². The van der Waals surface area contributed by atoms with E-state index in [1.54, 1.807) is 0 Å². The third-order valence-electron chi connectivity index (χ3n) is 13.1. The van der Waals surface area contributed by atoms with Gasteiger partial charge in [0.2, 0.25) is 6.10 Å². The van der Waals surface area contributed by atoms with Crippen LogP contribution >= 0.6 is 0 Å². The lowest BCUT2D eigenvalue weighted by Crippen LogP contribution is -2.30. The predicted molar refractivity (Wildman–Crippen MR) is 297 cm³/mol. The minimum Gasteiger partial charge on any atom is -0.491 e. The minimum atomic E-state index is -1.47. The van der Waals surface area contributed by atoms with Crippen molar-refractivity contribution < 1.29 is 77.4 Å². The van der Waals surface area contributed by atoms with Gasteiger partial charge in [0.15, 0.2) is 12.2 Å². The van der Waals surface area contributed by atoms with Crippen molar-refractivity contribution in [3.05, 3.63) is 86.5 Å². The van der Waals surface area contributed by atoms with Crippen LogP contribution in [0.2, 0.25) is 0 Å². The number of ether oxygens (including phenoxy) is 9. The fourth-order valence-corrected chi connectivity index (χ4v) is 8.42. The Morgan fingerprint density at radius 2 is 0.675 bits per heavy atom. The number of carbonyl (C=O) groups excluding carboxylic acids is 3. The summed E-state index contributed by atoms with van der Waals surface area (Å²) in [6.45, 7) is 38.2. The van der Waals surface area contributed by atoms with Crippen LogP contribution in [0.3, 0.4) is 0 Å². The maximum Gasteiger partial charge on any atom is 0.340 e. The lowest BCUT2D eigenvalue weighted by molar-refractivity contribution is -0.285. The van der Waals surface area contributed by atoms with E-state index in [1.165, 1.54) is 21.3 Å². The lowest BCUT2D eigenvalue weighted by atomic mass is 9.70. The van der Waals surface area contributed by atoms with Crippen LogP contribution in [-0.2, 0) is 80.2 Å². The van der Waals surface area contributed by atoms with E-state index in [1.807, 2.05) is 0 Å². The first-order chi connectivity index (χ1) is 35.4. The van der Waals surface area contributed by atoms with Crippen LogP contribution < -0.4 is 14.2 Å². The predicted octanol–water partition coefficient (Wildman–Crippen LogP) is 9.94.